The van der Waals surface area contributed by atoms with Crippen LogP contribution < -0.4 is 5.73 Å². The molecule has 0 aliphatic carbocycles. The number of hydrogen-bond donors (Lipinski definition) is 3. The van der Waals surface area contributed by atoms with E-state index in [1.54, 1.807) is 12.2 Å². The van der Waals surface area contributed by atoms with Crippen LogP contribution in [0.5, 0.6) is 0 Å². The summed E-state index contributed by atoms with van der Waals surface area (Å²) in [6.07, 6.45) is 50.6. The van der Waals surface area contributed by atoms with Gasteiger partial charge in [-0.2, -0.15) is 0 Å². The van der Waals surface area contributed by atoms with Gasteiger partial charge in [0.15, 0.2) is 6.10 Å². The highest BCUT2D eigenvalue weighted by atomic mass is 31.2. The number of rotatable bonds is 39. The molecule has 0 aromatic heterocycles. The fourth-order valence-corrected chi connectivity index (χ4v) is 6.04. The second-order valence-electron chi connectivity index (χ2n) is 14.1. The highest BCUT2D eigenvalue weighted by Gasteiger charge is 2.26. The standard InChI is InChI=1S/C47H78NO9P/c1-3-5-7-9-11-13-15-17-18-19-20-21-22-24-26-28-30-32-34-38-47(51)57-45(43-56-58(52,53)55-41-40-48)42-54-46(50)39-35-37-44(49)36-33-31-29-27-25-23-16-14-12-10-8-6-4-2/h11,13,17-18,20-21,23-26,29-33,36,44-45,49H,3-10,12,14-16,19,22,27-28,34-35,37-43,48H2,1-2H3,(H,52,53)/b13-11-,18-17-,21-20-,25-23+,26-24-,31-29+,32-30-,36-33+/t44?,45-/m1/s1. The summed E-state index contributed by atoms with van der Waals surface area (Å²) >= 11 is 0. The van der Waals surface area contributed by atoms with Crippen LogP contribution in [0.3, 0.4) is 0 Å². The average molecular weight is 832 g/mol. The molecule has 0 fully saturated rings. The SMILES string of the molecule is CCCCC/C=C\C/C=C\C/C=C\C/C=C\C/C=C\CCC(=O)O[C@H](COC(=O)CCCC(O)/C=C/C=C/C/C=C/CCCCCCCC)COP(=O)(O)OCCN. The lowest BCUT2D eigenvalue weighted by Gasteiger charge is -2.19. The van der Waals surface area contributed by atoms with Crippen molar-refractivity contribution in [3.63, 3.8) is 0 Å². The number of ether oxygens (including phenoxy) is 2. The molecule has 0 aliphatic rings. The normalized spacial score (nSPS) is 14.8. The predicted molar refractivity (Wildman–Crippen MR) is 239 cm³/mol. The molecular formula is C47H78NO9P. The minimum absolute atomic E-state index is 0.0120. The molecule has 0 aromatic carbocycles. The zero-order valence-electron chi connectivity index (χ0n) is 35.8. The molecule has 4 N–H and O–H groups in total. The molecule has 3 atom stereocenters. The third-order valence-corrected chi connectivity index (χ3v) is 9.54. The molecule has 0 aromatic rings. The number of aliphatic hydroxyl groups is 1. The molecule has 11 heteroatoms. The molecule has 0 heterocycles. The van der Waals surface area contributed by atoms with Crippen molar-refractivity contribution < 1.29 is 42.7 Å². The third kappa shape index (κ3) is 41.1. The quantitative estimate of drug-likeness (QED) is 0.0179. The number of phosphoric ester groups is 1. The van der Waals surface area contributed by atoms with E-state index in [0.717, 1.165) is 38.5 Å². The fourth-order valence-electron chi connectivity index (χ4n) is 5.27. The number of aliphatic hydroxyl groups excluding tert-OH is 1. The lowest BCUT2D eigenvalue weighted by Crippen LogP contribution is -2.29. The van der Waals surface area contributed by atoms with Gasteiger partial charge in [0.1, 0.15) is 6.61 Å². The number of carbonyl (C=O) groups excluding carboxylic acids is 2. The van der Waals surface area contributed by atoms with Gasteiger partial charge in [0.2, 0.25) is 0 Å². The number of hydrogen-bond acceptors (Lipinski definition) is 9. The Bertz CT molecular complexity index is 1280. The van der Waals surface area contributed by atoms with E-state index in [2.05, 4.69) is 74.6 Å². The van der Waals surface area contributed by atoms with Crippen LogP contribution >= 0.6 is 7.82 Å². The number of nitrogens with two attached hydrogens (primary N) is 1. The molecule has 0 bridgehead atoms. The van der Waals surface area contributed by atoms with E-state index >= 15 is 0 Å². The summed E-state index contributed by atoms with van der Waals surface area (Å²) in [6.45, 7) is 3.37. The molecule has 0 rings (SSSR count). The Hall–Kier alpha value is -3.11. The van der Waals surface area contributed by atoms with Gasteiger partial charge in [-0.1, -0.05) is 156 Å². The van der Waals surface area contributed by atoms with Crippen LogP contribution in [-0.2, 0) is 32.7 Å². The van der Waals surface area contributed by atoms with E-state index in [1.165, 1.54) is 64.2 Å². The van der Waals surface area contributed by atoms with Crippen LogP contribution in [0.1, 0.15) is 149 Å². The van der Waals surface area contributed by atoms with Crippen molar-refractivity contribution >= 4 is 19.8 Å². The number of carbonyl (C=O) groups is 2. The van der Waals surface area contributed by atoms with Gasteiger partial charge in [-0.05, 0) is 77.0 Å². The van der Waals surface area contributed by atoms with E-state index in [-0.39, 0.29) is 32.6 Å². The van der Waals surface area contributed by atoms with Crippen LogP contribution in [0.15, 0.2) is 97.2 Å². The first-order chi connectivity index (χ1) is 28.2. The first-order valence-electron chi connectivity index (χ1n) is 21.8. The van der Waals surface area contributed by atoms with Gasteiger partial charge in [0.25, 0.3) is 0 Å². The van der Waals surface area contributed by atoms with E-state index < -0.39 is 38.6 Å². The molecule has 0 aliphatic heterocycles. The highest BCUT2D eigenvalue weighted by Crippen LogP contribution is 2.43. The summed E-state index contributed by atoms with van der Waals surface area (Å²) in [5.41, 5.74) is 5.33. The third-order valence-electron chi connectivity index (χ3n) is 8.56. The summed E-state index contributed by atoms with van der Waals surface area (Å²) in [4.78, 5) is 34.8. The van der Waals surface area contributed by atoms with E-state index in [0.29, 0.717) is 19.3 Å². The molecule has 10 nitrogen and oxygen atoms in total. The maximum atomic E-state index is 12.6. The topological polar surface area (TPSA) is 155 Å². The van der Waals surface area contributed by atoms with Gasteiger partial charge in [0, 0.05) is 19.4 Å². The van der Waals surface area contributed by atoms with Crippen LogP contribution in [0.2, 0.25) is 0 Å². The maximum absolute atomic E-state index is 12.6. The second-order valence-corrected chi connectivity index (χ2v) is 15.5. The molecule has 330 valence electrons. The molecule has 58 heavy (non-hydrogen) atoms. The molecular weight excluding hydrogens is 753 g/mol. The van der Waals surface area contributed by atoms with Crippen molar-refractivity contribution in [3.8, 4) is 0 Å². The van der Waals surface area contributed by atoms with Gasteiger partial charge in [-0.25, -0.2) is 4.57 Å². The van der Waals surface area contributed by atoms with Gasteiger partial charge in [-0.3, -0.25) is 18.6 Å². The van der Waals surface area contributed by atoms with Crippen LogP contribution in [0.4, 0.5) is 0 Å². The van der Waals surface area contributed by atoms with Crippen LogP contribution in [0, 0.1) is 0 Å². The molecule has 0 amide bonds. The van der Waals surface area contributed by atoms with Gasteiger partial charge in [-0.15, -0.1) is 0 Å². The van der Waals surface area contributed by atoms with Crippen LogP contribution in [0.25, 0.3) is 0 Å². The lowest BCUT2D eigenvalue weighted by molar-refractivity contribution is -0.161. The minimum Gasteiger partial charge on any atom is -0.462 e. The number of phosphoric acid groups is 1. The molecule has 0 saturated carbocycles. The first-order valence-corrected chi connectivity index (χ1v) is 23.3. The highest BCUT2D eigenvalue weighted by molar-refractivity contribution is 7.47. The summed E-state index contributed by atoms with van der Waals surface area (Å²) < 4.78 is 32.5. The first kappa shape index (κ1) is 54.9. The van der Waals surface area contributed by atoms with E-state index in [4.69, 9.17) is 24.3 Å². The molecule has 0 saturated heterocycles. The smallest absolute Gasteiger partial charge is 0.462 e. The Balaban J connectivity index is 4.48. The molecule has 0 spiro atoms. The monoisotopic (exact) mass is 832 g/mol. The summed E-state index contributed by atoms with van der Waals surface area (Å²) in [7, 11) is -4.45. The molecule has 2 unspecified atom stereocenters. The van der Waals surface area contributed by atoms with Crippen LogP contribution in [-0.4, -0.2) is 60.5 Å². The molecule has 0 radical (unpaired) electrons. The van der Waals surface area contributed by atoms with Gasteiger partial charge < -0.3 is 25.2 Å². The van der Waals surface area contributed by atoms with Crippen molar-refractivity contribution in [2.75, 3.05) is 26.4 Å². The zero-order valence-corrected chi connectivity index (χ0v) is 36.7. The van der Waals surface area contributed by atoms with Crippen molar-refractivity contribution in [2.45, 2.75) is 161 Å². The maximum Gasteiger partial charge on any atom is 0.472 e. The van der Waals surface area contributed by atoms with Crippen molar-refractivity contribution in [3.05, 3.63) is 97.2 Å². The summed E-state index contributed by atoms with van der Waals surface area (Å²) in [5, 5.41) is 10.2. The van der Waals surface area contributed by atoms with Crippen molar-refractivity contribution in [2.24, 2.45) is 5.73 Å². The summed E-state index contributed by atoms with van der Waals surface area (Å²) in [5.74, 6) is -1.13. The van der Waals surface area contributed by atoms with Gasteiger partial charge >= 0.3 is 19.8 Å². The Kier molecular flexibility index (Phi) is 39.8. The Morgan fingerprint density at radius 3 is 1.72 bits per heavy atom. The van der Waals surface area contributed by atoms with E-state index in [1.807, 2.05) is 24.3 Å². The van der Waals surface area contributed by atoms with Gasteiger partial charge in [0.05, 0.1) is 19.3 Å². The lowest BCUT2D eigenvalue weighted by atomic mass is 10.1. The second kappa shape index (κ2) is 42.0. The number of esters is 2. The zero-order chi connectivity index (χ0) is 42.6. The Morgan fingerprint density at radius 1 is 0.603 bits per heavy atom. The Labute approximate surface area is 351 Å². The minimum atomic E-state index is -4.45. The predicted octanol–water partition coefficient (Wildman–Crippen LogP) is 11.6. The number of unbranched alkanes of at least 4 members (excludes halogenated alkanes) is 9. The van der Waals surface area contributed by atoms with Crippen molar-refractivity contribution in [1.29, 1.82) is 0 Å². The largest absolute Gasteiger partial charge is 0.472 e. The van der Waals surface area contributed by atoms with E-state index in [9.17, 15) is 24.2 Å². The average Bonchev–Trinajstić information content (AvgIpc) is 3.20. The number of allylic oxidation sites excluding steroid dienone is 15. The fraction of sp³-hybridized carbons (Fsp3) is 0.617. The van der Waals surface area contributed by atoms with Crippen molar-refractivity contribution in [1.82, 2.24) is 0 Å². The Morgan fingerprint density at radius 2 is 1.12 bits per heavy atom. The summed E-state index contributed by atoms with van der Waals surface area (Å²) in [6, 6.07) is 0.